The molecule has 0 unspecified atom stereocenters. The highest BCUT2D eigenvalue weighted by atomic mass is 16.1. The Bertz CT molecular complexity index is 1180. The van der Waals surface area contributed by atoms with Crippen molar-refractivity contribution in [3.05, 3.63) is 106 Å². The van der Waals surface area contributed by atoms with Gasteiger partial charge < -0.3 is 5.32 Å². The van der Waals surface area contributed by atoms with Crippen molar-refractivity contribution >= 4 is 10.9 Å². The van der Waals surface area contributed by atoms with Crippen LogP contribution in [0.2, 0.25) is 0 Å². The molecule has 29 heavy (non-hydrogen) atoms. The molecule has 1 N–H and O–H groups in total. The van der Waals surface area contributed by atoms with Gasteiger partial charge in [0.05, 0.1) is 22.6 Å². The van der Waals surface area contributed by atoms with E-state index in [1.807, 2.05) is 61.5 Å². The first-order chi connectivity index (χ1) is 14.1. The first-order valence-electron chi connectivity index (χ1n) is 9.99. The second kappa shape index (κ2) is 8.41. The van der Waals surface area contributed by atoms with Crippen LogP contribution in [0.3, 0.4) is 0 Å². The van der Waals surface area contributed by atoms with E-state index >= 15 is 0 Å². The molecule has 1 heterocycles. The maximum atomic E-state index is 13.4. The van der Waals surface area contributed by atoms with E-state index in [0.29, 0.717) is 5.39 Å². The van der Waals surface area contributed by atoms with Gasteiger partial charge in [0.25, 0.3) is 5.56 Å². The summed E-state index contributed by atoms with van der Waals surface area (Å²) in [6.45, 7) is 4.90. The standard InChI is InChI=1S/C25H25N3O/c1-18-9-8-12-21(17-18)28-24(27-23-14-7-6-13-22(23)25(28)29)19(2)26-16-15-20-10-4-3-5-11-20/h3-14,17,19,26H,15-16H2,1-2H3/t19-/m1/s1. The van der Waals surface area contributed by atoms with Gasteiger partial charge in [0.15, 0.2) is 0 Å². The summed E-state index contributed by atoms with van der Waals surface area (Å²) in [4.78, 5) is 18.2. The van der Waals surface area contributed by atoms with Gasteiger partial charge in [-0.1, -0.05) is 54.6 Å². The molecule has 146 valence electrons. The zero-order valence-corrected chi connectivity index (χ0v) is 16.8. The zero-order chi connectivity index (χ0) is 20.2. The molecule has 0 aliphatic heterocycles. The van der Waals surface area contributed by atoms with Crippen molar-refractivity contribution in [2.75, 3.05) is 6.54 Å². The number of rotatable bonds is 6. The number of para-hydroxylation sites is 1. The van der Waals surface area contributed by atoms with Crippen molar-refractivity contribution in [1.29, 1.82) is 0 Å². The van der Waals surface area contributed by atoms with Gasteiger partial charge in [0.2, 0.25) is 0 Å². The maximum Gasteiger partial charge on any atom is 0.266 e. The number of aromatic nitrogens is 2. The highest BCUT2D eigenvalue weighted by molar-refractivity contribution is 5.77. The number of hydrogen-bond acceptors (Lipinski definition) is 3. The third-order valence-corrected chi connectivity index (χ3v) is 5.16. The van der Waals surface area contributed by atoms with Crippen LogP contribution < -0.4 is 10.9 Å². The molecule has 1 atom stereocenters. The summed E-state index contributed by atoms with van der Waals surface area (Å²) >= 11 is 0. The van der Waals surface area contributed by atoms with Crippen LogP contribution in [0.5, 0.6) is 0 Å². The van der Waals surface area contributed by atoms with Crippen molar-refractivity contribution < 1.29 is 0 Å². The molecular formula is C25H25N3O. The minimum Gasteiger partial charge on any atom is -0.307 e. The van der Waals surface area contributed by atoms with Crippen LogP contribution in [0, 0.1) is 6.92 Å². The van der Waals surface area contributed by atoms with Crippen LogP contribution in [0.25, 0.3) is 16.6 Å². The Balaban J connectivity index is 1.72. The predicted molar refractivity (Wildman–Crippen MR) is 119 cm³/mol. The Labute approximate surface area is 170 Å². The topological polar surface area (TPSA) is 46.9 Å². The second-order valence-electron chi connectivity index (χ2n) is 7.38. The monoisotopic (exact) mass is 383 g/mol. The van der Waals surface area contributed by atoms with Gasteiger partial charge in [-0.3, -0.25) is 9.36 Å². The van der Waals surface area contributed by atoms with Crippen LogP contribution in [0.1, 0.15) is 29.9 Å². The van der Waals surface area contributed by atoms with Gasteiger partial charge >= 0.3 is 0 Å². The summed E-state index contributed by atoms with van der Waals surface area (Å²) < 4.78 is 1.75. The molecule has 4 heteroatoms. The summed E-state index contributed by atoms with van der Waals surface area (Å²) in [5, 5.41) is 4.18. The largest absolute Gasteiger partial charge is 0.307 e. The Hall–Kier alpha value is -3.24. The average Bonchev–Trinajstić information content (AvgIpc) is 2.74. The molecule has 0 saturated carbocycles. The molecule has 0 fully saturated rings. The normalized spacial score (nSPS) is 12.2. The van der Waals surface area contributed by atoms with E-state index in [0.717, 1.165) is 35.6 Å². The maximum absolute atomic E-state index is 13.4. The van der Waals surface area contributed by atoms with Crippen molar-refractivity contribution in [3.63, 3.8) is 0 Å². The Morgan fingerprint density at radius 2 is 1.72 bits per heavy atom. The van der Waals surface area contributed by atoms with Crippen molar-refractivity contribution in [1.82, 2.24) is 14.9 Å². The lowest BCUT2D eigenvalue weighted by molar-refractivity contribution is 0.536. The summed E-state index contributed by atoms with van der Waals surface area (Å²) in [6, 6.07) is 25.9. The molecule has 0 radical (unpaired) electrons. The minimum atomic E-state index is -0.0727. The van der Waals surface area contributed by atoms with E-state index in [9.17, 15) is 4.79 Å². The van der Waals surface area contributed by atoms with E-state index in [2.05, 4.69) is 36.5 Å². The lowest BCUT2D eigenvalue weighted by atomic mass is 10.1. The van der Waals surface area contributed by atoms with E-state index in [1.165, 1.54) is 5.56 Å². The van der Waals surface area contributed by atoms with Crippen molar-refractivity contribution in [2.24, 2.45) is 0 Å². The van der Waals surface area contributed by atoms with Crippen molar-refractivity contribution in [2.45, 2.75) is 26.3 Å². The molecule has 4 rings (SSSR count). The number of aryl methyl sites for hydroxylation is 1. The average molecular weight is 383 g/mol. The second-order valence-corrected chi connectivity index (χ2v) is 7.38. The minimum absolute atomic E-state index is 0.0343. The van der Waals surface area contributed by atoms with Crippen LogP contribution >= 0.6 is 0 Å². The van der Waals surface area contributed by atoms with E-state index in [1.54, 1.807) is 4.57 Å². The molecule has 0 bridgehead atoms. The quantitative estimate of drug-likeness (QED) is 0.530. The molecule has 0 aliphatic rings. The van der Waals surface area contributed by atoms with Gasteiger partial charge in [0, 0.05) is 0 Å². The summed E-state index contributed by atoms with van der Waals surface area (Å²) in [5.41, 5.74) is 3.94. The Morgan fingerprint density at radius 1 is 0.966 bits per heavy atom. The molecular weight excluding hydrogens is 358 g/mol. The van der Waals surface area contributed by atoms with E-state index in [4.69, 9.17) is 4.98 Å². The SMILES string of the molecule is Cc1cccc(-n2c([C@@H](C)NCCc3ccccc3)nc3ccccc3c2=O)c1. The third-order valence-electron chi connectivity index (χ3n) is 5.16. The zero-order valence-electron chi connectivity index (χ0n) is 16.8. The molecule has 4 nitrogen and oxygen atoms in total. The molecule has 0 saturated heterocycles. The first kappa shape index (κ1) is 19.1. The Kier molecular flexibility index (Phi) is 5.54. The van der Waals surface area contributed by atoms with E-state index < -0.39 is 0 Å². The number of hydrogen-bond donors (Lipinski definition) is 1. The summed E-state index contributed by atoms with van der Waals surface area (Å²) in [5.74, 6) is 0.729. The van der Waals surface area contributed by atoms with Gasteiger partial charge in [0.1, 0.15) is 5.82 Å². The molecule has 0 spiro atoms. The number of nitrogens with one attached hydrogen (secondary N) is 1. The third kappa shape index (κ3) is 4.13. The molecule has 0 aliphatic carbocycles. The van der Waals surface area contributed by atoms with Gasteiger partial charge in [-0.25, -0.2) is 4.98 Å². The molecule has 0 amide bonds. The number of fused-ring (bicyclic) bond motifs is 1. The number of benzene rings is 3. The summed E-state index contributed by atoms with van der Waals surface area (Å²) in [7, 11) is 0. The molecule has 3 aromatic carbocycles. The van der Waals surface area contributed by atoms with Crippen LogP contribution in [0.4, 0.5) is 0 Å². The Morgan fingerprint density at radius 3 is 2.52 bits per heavy atom. The van der Waals surface area contributed by atoms with Crippen LogP contribution in [-0.2, 0) is 6.42 Å². The highest BCUT2D eigenvalue weighted by Gasteiger charge is 2.17. The van der Waals surface area contributed by atoms with Crippen LogP contribution in [-0.4, -0.2) is 16.1 Å². The fourth-order valence-corrected chi connectivity index (χ4v) is 3.63. The van der Waals surface area contributed by atoms with Crippen LogP contribution in [0.15, 0.2) is 83.7 Å². The fourth-order valence-electron chi connectivity index (χ4n) is 3.63. The van der Waals surface area contributed by atoms with Crippen molar-refractivity contribution in [3.8, 4) is 5.69 Å². The number of nitrogens with zero attached hydrogens (tertiary/aromatic N) is 2. The lowest BCUT2D eigenvalue weighted by Crippen LogP contribution is -2.31. The predicted octanol–water partition coefficient (Wildman–Crippen LogP) is 4.59. The van der Waals surface area contributed by atoms with E-state index in [-0.39, 0.29) is 11.6 Å². The highest BCUT2D eigenvalue weighted by Crippen LogP contribution is 2.18. The smallest absolute Gasteiger partial charge is 0.266 e. The fraction of sp³-hybridized carbons (Fsp3) is 0.200. The van der Waals surface area contributed by atoms with Gasteiger partial charge in [-0.2, -0.15) is 0 Å². The first-order valence-corrected chi connectivity index (χ1v) is 9.99. The molecule has 4 aromatic rings. The van der Waals surface area contributed by atoms with Gasteiger partial charge in [-0.15, -0.1) is 0 Å². The lowest BCUT2D eigenvalue weighted by Gasteiger charge is -2.20. The van der Waals surface area contributed by atoms with Gasteiger partial charge in [-0.05, 0) is 62.2 Å². The summed E-state index contributed by atoms with van der Waals surface area (Å²) in [6.07, 6.45) is 0.924. The molecule has 1 aromatic heterocycles.